The second-order valence-electron chi connectivity index (χ2n) is 11.4. The standard InChI is InChI=1S/C29H41N3O4S/c1-19-18-22-23(26(34)30-20-12-6-4-7-13-20)24-28(36)32(16-10-2-3-11-17-33)25(29(19,24)37-22)27(35)31-21-14-8-5-9-15-21/h4,6-7,12-13,19,21-25,33H,2-3,5,8-11,14-18H2,1H3,(H,30,34)(H,31,35)/t19?,22-,23+,24+,25?,29?/m1/s1. The molecule has 1 aliphatic carbocycles. The fourth-order valence-corrected chi connectivity index (χ4v) is 9.80. The Balaban J connectivity index is 1.41. The largest absolute Gasteiger partial charge is 0.396 e. The van der Waals surface area contributed by atoms with Crippen molar-refractivity contribution in [2.24, 2.45) is 17.8 Å². The van der Waals surface area contributed by atoms with Gasteiger partial charge in [0, 0.05) is 30.1 Å². The second-order valence-corrected chi connectivity index (χ2v) is 13.0. The number of benzene rings is 1. The molecule has 0 aromatic heterocycles. The first-order chi connectivity index (χ1) is 18.0. The molecule has 4 fully saturated rings. The zero-order valence-electron chi connectivity index (χ0n) is 21.9. The summed E-state index contributed by atoms with van der Waals surface area (Å²) in [5.74, 6) is -0.887. The third-order valence-electron chi connectivity index (χ3n) is 9.10. The molecule has 1 saturated carbocycles. The van der Waals surface area contributed by atoms with E-state index in [1.807, 2.05) is 35.2 Å². The number of nitrogens with one attached hydrogen (secondary N) is 2. The van der Waals surface area contributed by atoms with E-state index in [9.17, 15) is 14.4 Å². The molecule has 1 aromatic rings. The Labute approximate surface area is 224 Å². The first-order valence-electron chi connectivity index (χ1n) is 14.2. The van der Waals surface area contributed by atoms with Crippen molar-refractivity contribution in [1.29, 1.82) is 0 Å². The van der Waals surface area contributed by atoms with E-state index in [4.69, 9.17) is 5.11 Å². The van der Waals surface area contributed by atoms with E-state index in [1.165, 1.54) is 6.42 Å². The van der Waals surface area contributed by atoms with Gasteiger partial charge in [-0.15, -0.1) is 11.8 Å². The van der Waals surface area contributed by atoms with Gasteiger partial charge in [-0.2, -0.15) is 0 Å². The van der Waals surface area contributed by atoms with Gasteiger partial charge in [-0.25, -0.2) is 0 Å². The highest BCUT2D eigenvalue weighted by Crippen LogP contribution is 2.68. The van der Waals surface area contributed by atoms with Gasteiger partial charge in [0.05, 0.1) is 16.6 Å². The summed E-state index contributed by atoms with van der Waals surface area (Å²) in [6.45, 7) is 2.87. The number of para-hydroxylation sites is 1. The molecule has 2 bridgehead atoms. The van der Waals surface area contributed by atoms with Gasteiger partial charge in [-0.3, -0.25) is 14.4 Å². The number of likely N-dealkylation sites (tertiary alicyclic amines) is 1. The highest BCUT2D eigenvalue weighted by molar-refractivity contribution is 8.02. The van der Waals surface area contributed by atoms with Gasteiger partial charge < -0.3 is 20.6 Å². The van der Waals surface area contributed by atoms with Gasteiger partial charge in [0.1, 0.15) is 6.04 Å². The maximum absolute atomic E-state index is 14.1. The molecule has 3 heterocycles. The van der Waals surface area contributed by atoms with Gasteiger partial charge >= 0.3 is 0 Å². The molecule has 8 heteroatoms. The number of anilines is 1. The number of fused-ring (bicyclic) bond motifs is 1. The number of hydrogen-bond acceptors (Lipinski definition) is 5. The third kappa shape index (κ3) is 4.91. The van der Waals surface area contributed by atoms with Crippen LogP contribution < -0.4 is 10.6 Å². The number of carbonyl (C=O) groups excluding carboxylic acids is 3. The van der Waals surface area contributed by atoms with E-state index in [0.717, 1.165) is 63.5 Å². The monoisotopic (exact) mass is 527 g/mol. The van der Waals surface area contributed by atoms with Crippen LogP contribution in [0.1, 0.15) is 71.1 Å². The van der Waals surface area contributed by atoms with Crippen LogP contribution in [0.15, 0.2) is 30.3 Å². The fourth-order valence-electron chi connectivity index (χ4n) is 7.38. The van der Waals surface area contributed by atoms with Crippen LogP contribution in [0.5, 0.6) is 0 Å². The zero-order chi connectivity index (χ0) is 26.0. The Morgan fingerprint density at radius 3 is 2.51 bits per heavy atom. The lowest BCUT2D eigenvalue weighted by molar-refractivity contribution is -0.139. The fraction of sp³-hybridized carbons (Fsp3) is 0.690. The number of rotatable bonds is 10. The highest BCUT2D eigenvalue weighted by Gasteiger charge is 2.75. The summed E-state index contributed by atoms with van der Waals surface area (Å²) in [6, 6.07) is 9.06. The van der Waals surface area contributed by atoms with Crippen LogP contribution in [-0.4, -0.2) is 63.0 Å². The summed E-state index contributed by atoms with van der Waals surface area (Å²) in [7, 11) is 0. The second kappa shape index (κ2) is 11.4. The van der Waals surface area contributed by atoms with E-state index in [2.05, 4.69) is 17.6 Å². The van der Waals surface area contributed by atoms with Crippen molar-refractivity contribution >= 4 is 35.2 Å². The van der Waals surface area contributed by atoms with Crippen LogP contribution in [0.4, 0.5) is 5.69 Å². The van der Waals surface area contributed by atoms with Gasteiger partial charge in [0.25, 0.3) is 0 Å². The average Bonchev–Trinajstić information content (AvgIpc) is 3.49. The lowest BCUT2D eigenvalue weighted by Crippen LogP contribution is -2.57. The molecule has 4 aliphatic rings. The van der Waals surface area contributed by atoms with Crippen LogP contribution in [0.25, 0.3) is 0 Å². The number of unbranched alkanes of at least 4 members (excludes halogenated alkanes) is 3. The Hall–Kier alpha value is -2.06. The zero-order valence-corrected chi connectivity index (χ0v) is 22.7. The number of thioether (sulfide) groups is 1. The van der Waals surface area contributed by atoms with Gasteiger partial charge in [-0.1, -0.05) is 57.2 Å². The molecule has 1 spiro atoms. The van der Waals surface area contributed by atoms with E-state index in [1.54, 1.807) is 11.8 Å². The molecule has 7 nitrogen and oxygen atoms in total. The smallest absolute Gasteiger partial charge is 0.244 e. The van der Waals surface area contributed by atoms with Gasteiger partial charge in [0.2, 0.25) is 17.7 Å². The van der Waals surface area contributed by atoms with Crippen molar-refractivity contribution in [3.05, 3.63) is 30.3 Å². The molecule has 37 heavy (non-hydrogen) atoms. The average molecular weight is 528 g/mol. The minimum atomic E-state index is -0.565. The summed E-state index contributed by atoms with van der Waals surface area (Å²) < 4.78 is -0.565. The van der Waals surface area contributed by atoms with E-state index >= 15 is 0 Å². The quantitative estimate of drug-likeness (QED) is 0.400. The van der Waals surface area contributed by atoms with Crippen LogP contribution >= 0.6 is 11.8 Å². The Morgan fingerprint density at radius 1 is 1.05 bits per heavy atom. The topological polar surface area (TPSA) is 98.7 Å². The molecule has 0 radical (unpaired) electrons. The maximum Gasteiger partial charge on any atom is 0.244 e. The third-order valence-corrected chi connectivity index (χ3v) is 11.2. The molecular formula is C29H41N3O4S. The predicted octanol–water partition coefficient (Wildman–Crippen LogP) is 3.96. The molecule has 3 unspecified atom stereocenters. The number of hydrogen-bond donors (Lipinski definition) is 3. The minimum Gasteiger partial charge on any atom is -0.396 e. The summed E-state index contributed by atoms with van der Waals surface area (Å²) in [4.78, 5) is 43.6. The van der Waals surface area contributed by atoms with Crippen LogP contribution in [0.3, 0.4) is 0 Å². The first kappa shape index (κ1) is 26.5. The number of aliphatic hydroxyl groups is 1. The highest BCUT2D eigenvalue weighted by atomic mass is 32.2. The molecule has 3 N–H and O–H groups in total. The van der Waals surface area contributed by atoms with Crippen molar-refractivity contribution in [1.82, 2.24) is 10.2 Å². The number of nitrogens with zero attached hydrogens (tertiary/aromatic N) is 1. The molecule has 3 saturated heterocycles. The minimum absolute atomic E-state index is 0.0257. The van der Waals surface area contributed by atoms with Crippen LogP contribution in [-0.2, 0) is 14.4 Å². The first-order valence-corrected chi connectivity index (χ1v) is 15.1. The SMILES string of the molecule is CC1C[C@H]2SC13C(C(=O)NC1CCCCC1)N(CCCCCCO)C(=O)[C@@H]3[C@H]2C(=O)Nc1ccccc1. The summed E-state index contributed by atoms with van der Waals surface area (Å²) in [5.41, 5.74) is 0.736. The number of aliphatic hydroxyl groups excluding tert-OH is 1. The van der Waals surface area contributed by atoms with Crippen molar-refractivity contribution in [3.8, 4) is 0 Å². The van der Waals surface area contributed by atoms with Crippen molar-refractivity contribution < 1.29 is 19.5 Å². The van der Waals surface area contributed by atoms with Crippen molar-refractivity contribution in [3.63, 3.8) is 0 Å². The maximum atomic E-state index is 14.1. The molecule has 5 rings (SSSR count). The molecule has 1 aromatic carbocycles. The summed E-state index contributed by atoms with van der Waals surface area (Å²) in [5, 5.41) is 15.6. The summed E-state index contributed by atoms with van der Waals surface area (Å²) >= 11 is 1.74. The predicted molar refractivity (Wildman–Crippen MR) is 146 cm³/mol. The van der Waals surface area contributed by atoms with Crippen LogP contribution in [0.2, 0.25) is 0 Å². The van der Waals surface area contributed by atoms with Crippen molar-refractivity contribution in [2.75, 3.05) is 18.5 Å². The molecule has 3 amide bonds. The van der Waals surface area contributed by atoms with Gasteiger partial charge in [-0.05, 0) is 50.2 Å². The molecular weight excluding hydrogens is 486 g/mol. The lowest BCUT2D eigenvalue weighted by atomic mass is 9.65. The Bertz CT molecular complexity index is 985. The van der Waals surface area contributed by atoms with Gasteiger partial charge in [0.15, 0.2) is 0 Å². The molecule has 3 aliphatic heterocycles. The Kier molecular flexibility index (Phi) is 8.15. The lowest BCUT2D eigenvalue weighted by Gasteiger charge is -2.39. The Morgan fingerprint density at radius 2 is 1.78 bits per heavy atom. The van der Waals surface area contributed by atoms with E-state index in [0.29, 0.717) is 6.54 Å². The van der Waals surface area contributed by atoms with E-state index in [-0.39, 0.29) is 41.5 Å². The summed E-state index contributed by atoms with van der Waals surface area (Å²) in [6.07, 6.45) is 9.68. The van der Waals surface area contributed by atoms with Crippen molar-refractivity contribution in [2.45, 2.75) is 93.2 Å². The number of carbonyl (C=O) groups is 3. The molecule has 202 valence electrons. The number of amides is 3. The van der Waals surface area contributed by atoms with Crippen LogP contribution in [0, 0.1) is 17.8 Å². The van der Waals surface area contributed by atoms with E-state index < -0.39 is 22.6 Å². The molecule has 6 atom stereocenters. The normalized spacial score (nSPS) is 33.0.